The van der Waals surface area contributed by atoms with Crippen LogP contribution in [0.2, 0.25) is 0 Å². The highest BCUT2D eigenvalue weighted by molar-refractivity contribution is 5.54. The monoisotopic (exact) mass is 246 g/mol. The van der Waals surface area contributed by atoms with Gasteiger partial charge in [-0.3, -0.25) is 0 Å². The molecule has 0 spiro atoms. The van der Waals surface area contributed by atoms with E-state index in [2.05, 4.69) is 29.8 Å². The first kappa shape index (κ1) is 11.8. The number of aliphatic hydroxyl groups is 1. The van der Waals surface area contributed by atoms with E-state index in [1.165, 1.54) is 5.57 Å². The van der Waals surface area contributed by atoms with Crippen LogP contribution in [0.4, 0.5) is 0 Å². The first-order valence-corrected chi connectivity index (χ1v) is 6.54. The molecule has 0 saturated heterocycles. The molecule has 0 aliphatic heterocycles. The summed E-state index contributed by atoms with van der Waals surface area (Å²) in [5, 5.41) is 10.2. The molecule has 1 N–H and O–H groups in total. The highest BCUT2D eigenvalue weighted by atomic mass is 16.3. The van der Waals surface area contributed by atoms with E-state index in [0.717, 1.165) is 36.0 Å². The largest absolute Gasteiger partial charge is 0.376 e. The normalized spacial score (nSPS) is 23.1. The maximum atomic E-state index is 10.2. The summed E-state index contributed by atoms with van der Waals surface area (Å²) < 4.78 is 0. The van der Waals surface area contributed by atoms with Crippen LogP contribution < -0.4 is 0 Å². The molecule has 0 aromatic heterocycles. The van der Waals surface area contributed by atoms with Crippen molar-refractivity contribution < 1.29 is 5.11 Å². The summed E-state index contributed by atoms with van der Waals surface area (Å²) in [6.45, 7) is 0. The zero-order valence-electron chi connectivity index (χ0n) is 10.6. The van der Waals surface area contributed by atoms with Crippen molar-refractivity contribution >= 4 is 0 Å². The minimum atomic E-state index is -0.771. The van der Waals surface area contributed by atoms with Crippen molar-refractivity contribution in [3.63, 3.8) is 0 Å². The number of allylic oxidation sites excluding steroid dienone is 4. The lowest BCUT2D eigenvalue weighted by atomic mass is 9.92. The molecule has 0 heterocycles. The molecular weight excluding hydrogens is 232 g/mol. The van der Waals surface area contributed by atoms with Crippen molar-refractivity contribution in [2.24, 2.45) is 0 Å². The summed E-state index contributed by atoms with van der Waals surface area (Å²) in [5.74, 6) is 12.3. The van der Waals surface area contributed by atoms with Gasteiger partial charge in [0, 0.05) is 16.7 Å². The number of benzene rings is 1. The number of aliphatic hydroxyl groups excluding tert-OH is 1. The zero-order valence-corrected chi connectivity index (χ0v) is 10.6. The fourth-order valence-corrected chi connectivity index (χ4v) is 2.36. The van der Waals surface area contributed by atoms with Crippen LogP contribution in [-0.4, -0.2) is 5.11 Å². The summed E-state index contributed by atoms with van der Waals surface area (Å²) in [7, 11) is 0. The summed E-state index contributed by atoms with van der Waals surface area (Å²) in [5.41, 5.74) is 3.86. The van der Waals surface area contributed by atoms with Crippen LogP contribution in [0.25, 0.3) is 0 Å². The summed E-state index contributed by atoms with van der Waals surface area (Å²) >= 11 is 0. The van der Waals surface area contributed by atoms with Crippen molar-refractivity contribution in [1.82, 2.24) is 0 Å². The van der Waals surface area contributed by atoms with E-state index in [9.17, 15) is 5.11 Å². The average molecular weight is 246 g/mol. The van der Waals surface area contributed by atoms with Gasteiger partial charge in [-0.05, 0) is 37.0 Å². The van der Waals surface area contributed by atoms with Crippen molar-refractivity contribution in [2.45, 2.75) is 25.4 Å². The van der Waals surface area contributed by atoms with Crippen molar-refractivity contribution in [3.05, 3.63) is 58.7 Å². The quantitative estimate of drug-likeness (QED) is 0.697. The van der Waals surface area contributed by atoms with Gasteiger partial charge in [-0.2, -0.15) is 0 Å². The molecular formula is C18H14O. The van der Waals surface area contributed by atoms with Gasteiger partial charge in [0.2, 0.25) is 0 Å². The molecule has 1 heteroatoms. The van der Waals surface area contributed by atoms with E-state index in [4.69, 9.17) is 0 Å². The first-order chi connectivity index (χ1) is 9.34. The Morgan fingerprint density at radius 3 is 3.00 bits per heavy atom. The van der Waals surface area contributed by atoms with Crippen LogP contribution in [0.5, 0.6) is 0 Å². The summed E-state index contributed by atoms with van der Waals surface area (Å²) in [6.07, 6.45) is 6.57. The fourth-order valence-electron chi connectivity index (χ4n) is 2.36. The SMILES string of the molecule is OC1C#CC2=CCCC/C2=C/C#Cc2ccccc21. The Morgan fingerprint density at radius 2 is 2.05 bits per heavy atom. The van der Waals surface area contributed by atoms with Crippen LogP contribution in [-0.2, 0) is 0 Å². The summed E-state index contributed by atoms with van der Waals surface area (Å²) in [6, 6.07) is 7.63. The Labute approximate surface area is 113 Å². The molecule has 19 heavy (non-hydrogen) atoms. The molecule has 1 unspecified atom stereocenters. The average Bonchev–Trinajstić information content (AvgIpc) is 2.46. The highest BCUT2D eigenvalue weighted by Crippen LogP contribution is 2.24. The van der Waals surface area contributed by atoms with Crippen LogP contribution in [0, 0.1) is 23.7 Å². The smallest absolute Gasteiger partial charge is 0.141 e. The predicted octanol–water partition coefficient (Wildman–Crippen LogP) is 3.13. The third-order valence-electron chi connectivity index (χ3n) is 3.40. The van der Waals surface area contributed by atoms with Gasteiger partial charge in [-0.1, -0.05) is 48.0 Å². The maximum Gasteiger partial charge on any atom is 0.141 e. The lowest BCUT2D eigenvalue weighted by Crippen LogP contribution is -2.00. The van der Waals surface area contributed by atoms with E-state index >= 15 is 0 Å². The van der Waals surface area contributed by atoms with Gasteiger partial charge in [0.05, 0.1) is 0 Å². The molecule has 0 saturated carbocycles. The third kappa shape index (κ3) is 2.48. The predicted molar refractivity (Wildman–Crippen MR) is 76.1 cm³/mol. The minimum Gasteiger partial charge on any atom is -0.376 e. The Bertz CT molecular complexity index is 684. The van der Waals surface area contributed by atoms with Crippen LogP contribution in [0.1, 0.15) is 36.5 Å². The Hall–Kier alpha value is -2.22. The van der Waals surface area contributed by atoms with Crippen LogP contribution in [0.3, 0.4) is 0 Å². The van der Waals surface area contributed by atoms with Crippen molar-refractivity contribution in [2.75, 3.05) is 0 Å². The molecule has 0 bridgehead atoms. The Balaban J connectivity index is 2.14. The first-order valence-electron chi connectivity index (χ1n) is 6.54. The molecule has 92 valence electrons. The second-order valence-electron chi connectivity index (χ2n) is 4.71. The molecule has 1 atom stereocenters. The molecule has 2 aliphatic rings. The van der Waals surface area contributed by atoms with Gasteiger partial charge in [-0.15, -0.1) is 0 Å². The van der Waals surface area contributed by atoms with Crippen molar-refractivity contribution in [1.29, 1.82) is 0 Å². The molecule has 1 aromatic rings. The molecule has 3 rings (SSSR count). The molecule has 0 radical (unpaired) electrons. The topological polar surface area (TPSA) is 20.2 Å². The second kappa shape index (κ2) is 5.19. The second-order valence-corrected chi connectivity index (χ2v) is 4.71. The Morgan fingerprint density at radius 1 is 1.16 bits per heavy atom. The number of hydrogen-bond acceptors (Lipinski definition) is 1. The van der Waals surface area contributed by atoms with Gasteiger partial charge in [0.25, 0.3) is 0 Å². The molecule has 1 nitrogen and oxygen atoms in total. The van der Waals surface area contributed by atoms with Gasteiger partial charge in [0.1, 0.15) is 6.10 Å². The molecule has 1 aromatic carbocycles. The number of fused-ring (bicyclic) bond motifs is 2. The van der Waals surface area contributed by atoms with Crippen LogP contribution in [0.15, 0.2) is 47.6 Å². The van der Waals surface area contributed by atoms with Crippen LogP contribution >= 0.6 is 0 Å². The van der Waals surface area contributed by atoms with E-state index in [0.29, 0.717) is 0 Å². The maximum absolute atomic E-state index is 10.2. The molecule has 0 amide bonds. The summed E-state index contributed by atoms with van der Waals surface area (Å²) in [4.78, 5) is 0. The third-order valence-corrected chi connectivity index (χ3v) is 3.40. The zero-order chi connectivity index (χ0) is 13.1. The van der Waals surface area contributed by atoms with E-state index < -0.39 is 6.10 Å². The fraction of sp³-hybridized carbons (Fsp3) is 0.222. The van der Waals surface area contributed by atoms with Gasteiger partial charge >= 0.3 is 0 Å². The van der Waals surface area contributed by atoms with E-state index in [1.54, 1.807) is 0 Å². The highest BCUT2D eigenvalue weighted by Gasteiger charge is 2.11. The van der Waals surface area contributed by atoms with Crippen molar-refractivity contribution in [3.8, 4) is 23.7 Å². The standard InChI is InChI=1S/C18H14O/c19-18-13-12-15-7-2-1-6-14(15)9-5-10-16-8-3-4-11-17(16)18/h3-4,7-9,11,18-19H,1-2,6H2/b14-9-. The molecule has 2 aliphatic carbocycles. The Kier molecular flexibility index (Phi) is 3.23. The van der Waals surface area contributed by atoms with Gasteiger partial charge < -0.3 is 5.11 Å². The lowest BCUT2D eigenvalue weighted by Gasteiger charge is -2.12. The minimum absolute atomic E-state index is 0.771. The van der Waals surface area contributed by atoms with Gasteiger partial charge in [0.15, 0.2) is 0 Å². The lowest BCUT2D eigenvalue weighted by molar-refractivity contribution is 0.238. The molecule has 0 fully saturated rings. The number of rotatable bonds is 0. The number of hydrogen-bond donors (Lipinski definition) is 1. The van der Waals surface area contributed by atoms with Gasteiger partial charge in [-0.25, -0.2) is 0 Å². The van der Waals surface area contributed by atoms with E-state index in [1.807, 2.05) is 30.3 Å². The van der Waals surface area contributed by atoms with E-state index in [-0.39, 0.29) is 0 Å².